The zero-order valence-electron chi connectivity index (χ0n) is 24.2. The number of fused-ring (bicyclic) bond motifs is 1. The number of nitrogens with one attached hydrogen (secondary N) is 3. The number of anilines is 2. The van der Waals surface area contributed by atoms with Crippen LogP contribution in [0.15, 0.2) is 88.0 Å². The number of esters is 1. The molecule has 0 radical (unpaired) electrons. The monoisotopic (exact) mass is 629 g/mol. The fourth-order valence-electron chi connectivity index (χ4n) is 4.79. The summed E-state index contributed by atoms with van der Waals surface area (Å²) in [5.74, 6) is -0.668. The Labute approximate surface area is 263 Å². The number of methoxy groups -OCH3 is 1. The average Bonchev–Trinajstić information content (AvgIpc) is 3.67. The van der Waals surface area contributed by atoms with Crippen LogP contribution < -0.4 is 16.0 Å². The Morgan fingerprint density at radius 2 is 1.86 bits per heavy atom. The van der Waals surface area contributed by atoms with Crippen LogP contribution in [0.5, 0.6) is 0 Å². The minimum Gasteiger partial charge on any atom is -0.465 e. The van der Waals surface area contributed by atoms with Crippen molar-refractivity contribution in [3.8, 4) is 0 Å². The first kappa shape index (κ1) is 30.8. The van der Waals surface area contributed by atoms with Crippen molar-refractivity contribution < 1.29 is 28.3 Å². The maximum Gasteiger partial charge on any atom is 0.341 e. The molecule has 226 valence electrons. The lowest BCUT2D eigenvalue weighted by molar-refractivity contribution is -0.114. The molecule has 1 atom stereocenters. The van der Waals surface area contributed by atoms with Gasteiger partial charge >= 0.3 is 5.97 Å². The molecule has 1 aliphatic carbocycles. The van der Waals surface area contributed by atoms with Crippen LogP contribution in [0, 0.1) is 5.92 Å². The lowest BCUT2D eigenvalue weighted by Gasteiger charge is -2.18. The number of carbonyl (C=O) groups is 4. The van der Waals surface area contributed by atoms with Crippen LogP contribution >= 0.6 is 23.1 Å². The van der Waals surface area contributed by atoms with Crippen molar-refractivity contribution in [1.82, 2.24) is 5.32 Å². The van der Waals surface area contributed by atoms with Gasteiger partial charge < -0.3 is 25.1 Å². The summed E-state index contributed by atoms with van der Waals surface area (Å²) < 4.78 is 10.4. The molecule has 4 aromatic rings. The molecule has 2 aromatic carbocycles. The quantitative estimate of drug-likeness (QED) is 0.105. The Balaban J connectivity index is 1.24. The molecular formula is C33H31N3O6S2. The zero-order valence-corrected chi connectivity index (χ0v) is 25.8. The summed E-state index contributed by atoms with van der Waals surface area (Å²) in [6.07, 6.45) is 5.57. The first-order valence-electron chi connectivity index (χ1n) is 14.0. The highest BCUT2D eigenvalue weighted by Crippen LogP contribution is 2.40. The second-order valence-corrected chi connectivity index (χ2v) is 12.4. The van der Waals surface area contributed by atoms with Crippen molar-refractivity contribution in [2.24, 2.45) is 5.92 Å². The van der Waals surface area contributed by atoms with E-state index < -0.39 is 17.8 Å². The summed E-state index contributed by atoms with van der Waals surface area (Å²) in [6.45, 7) is 2.18. The number of amides is 3. The number of thioether (sulfide) groups is 1. The number of hydrogen-bond donors (Lipinski definition) is 3. The first-order chi connectivity index (χ1) is 21.3. The number of ether oxygens (including phenoxy) is 1. The number of benzene rings is 2. The highest BCUT2D eigenvalue weighted by molar-refractivity contribution is 8.00. The van der Waals surface area contributed by atoms with Crippen molar-refractivity contribution in [1.29, 1.82) is 0 Å². The molecule has 11 heteroatoms. The second-order valence-electron chi connectivity index (χ2n) is 10.3. The summed E-state index contributed by atoms with van der Waals surface area (Å²) >= 11 is 2.73. The van der Waals surface area contributed by atoms with Gasteiger partial charge in [-0.2, -0.15) is 0 Å². The van der Waals surface area contributed by atoms with Gasteiger partial charge in [-0.1, -0.05) is 31.2 Å². The second kappa shape index (κ2) is 14.2. The topological polar surface area (TPSA) is 127 Å². The molecule has 1 unspecified atom stereocenters. The third-order valence-electron chi connectivity index (χ3n) is 6.97. The molecule has 0 saturated heterocycles. The van der Waals surface area contributed by atoms with Crippen molar-refractivity contribution >= 4 is 63.6 Å². The van der Waals surface area contributed by atoms with E-state index in [9.17, 15) is 19.2 Å². The molecule has 2 aromatic heterocycles. The smallest absolute Gasteiger partial charge is 0.341 e. The van der Waals surface area contributed by atoms with Gasteiger partial charge in [0.15, 0.2) is 0 Å². The molecular weight excluding hydrogens is 599 g/mol. The van der Waals surface area contributed by atoms with Gasteiger partial charge in [-0.25, -0.2) is 4.79 Å². The standard InChI is InChI=1S/C33H31N3O6S2/c1-20-13-14-25-27(16-20)44-32(29(25)33(40)41-2)36-28(37)19-43-24-12-6-10-22(17-24)34-31(39)26(18-23-11-7-15-42-23)35-30(38)21-8-4-3-5-9-21/h3-12,15,17-18,20H,13-14,16,19H2,1-2H3,(H,34,39)(H,35,38)(H,36,37)/b26-18-. The van der Waals surface area contributed by atoms with E-state index in [2.05, 4.69) is 22.9 Å². The van der Waals surface area contributed by atoms with E-state index in [1.165, 1.54) is 42.5 Å². The third-order valence-corrected chi connectivity index (χ3v) is 9.14. The maximum atomic E-state index is 13.3. The molecule has 0 bridgehead atoms. The predicted molar refractivity (Wildman–Crippen MR) is 172 cm³/mol. The van der Waals surface area contributed by atoms with Gasteiger partial charge in [0.1, 0.15) is 16.5 Å². The van der Waals surface area contributed by atoms with Crippen LogP contribution in [-0.4, -0.2) is 36.6 Å². The molecule has 9 nitrogen and oxygen atoms in total. The van der Waals surface area contributed by atoms with Gasteiger partial charge in [0, 0.05) is 27.1 Å². The summed E-state index contributed by atoms with van der Waals surface area (Å²) in [6, 6.07) is 19.0. The Bertz CT molecular complexity index is 1700. The number of carbonyl (C=O) groups excluding carboxylic acids is 4. The van der Waals surface area contributed by atoms with Crippen LogP contribution in [0.3, 0.4) is 0 Å². The van der Waals surface area contributed by atoms with Crippen LogP contribution in [0.25, 0.3) is 6.08 Å². The normalized spacial score (nSPS) is 14.3. The lowest BCUT2D eigenvalue weighted by atomic mass is 9.88. The largest absolute Gasteiger partial charge is 0.465 e. The van der Waals surface area contributed by atoms with E-state index in [0.29, 0.717) is 33.5 Å². The van der Waals surface area contributed by atoms with Crippen molar-refractivity contribution in [2.45, 2.75) is 31.1 Å². The van der Waals surface area contributed by atoms with Gasteiger partial charge in [0.05, 0.1) is 24.7 Å². The molecule has 1 aliphatic rings. The van der Waals surface area contributed by atoms with E-state index in [1.54, 1.807) is 60.7 Å². The molecule has 3 amide bonds. The Hall–Kier alpha value is -4.61. The third kappa shape index (κ3) is 7.66. The number of furan rings is 1. The number of thiophene rings is 1. The number of hydrogen-bond acceptors (Lipinski definition) is 8. The van der Waals surface area contributed by atoms with E-state index >= 15 is 0 Å². The molecule has 3 N–H and O–H groups in total. The summed E-state index contributed by atoms with van der Waals surface area (Å²) in [4.78, 5) is 53.4. The number of rotatable bonds is 10. The SMILES string of the molecule is COC(=O)c1c(NC(=O)CSc2cccc(NC(=O)/C(=C/c3ccco3)NC(=O)c3ccccc3)c2)sc2c1CCC(C)C2. The zero-order chi connectivity index (χ0) is 31.1. The fraction of sp³-hybridized carbons (Fsp3) is 0.212. The summed E-state index contributed by atoms with van der Waals surface area (Å²) in [7, 11) is 1.35. The van der Waals surface area contributed by atoms with Gasteiger partial charge in [0.2, 0.25) is 5.91 Å². The van der Waals surface area contributed by atoms with Crippen molar-refractivity contribution in [2.75, 3.05) is 23.5 Å². The van der Waals surface area contributed by atoms with Gasteiger partial charge in [-0.3, -0.25) is 14.4 Å². The maximum absolute atomic E-state index is 13.3. The van der Waals surface area contributed by atoms with Gasteiger partial charge in [-0.05, 0) is 73.2 Å². The van der Waals surface area contributed by atoms with E-state index in [0.717, 1.165) is 34.6 Å². The highest BCUT2D eigenvalue weighted by Gasteiger charge is 2.29. The van der Waals surface area contributed by atoms with E-state index in [-0.39, 0.29) is 17.4 Å². The first-order valence-corrected chi connectivity index (χ1v) is 15.8. The summed E-state index contributed by atoms with van der Waals surface area (Å²) in [5, 5.41) is 8.91. The van der Waals surface area contributed by atoms with E-state index in [1.807, 2.05) is 6.07 Å². The van der Waals surface area contributed by atoms with Crippen LogP contribution in [0.4, 0.5) is 10.7 Å². The molecule has 5 rings (SSSR count). The Morgan fingerprint density at radius 1 is 1.05 bits per heavy atom. The van der Waals surface area contributed by atoms with Crippen molar-refractivity contribution in [3.05, 3.63) is 106 Å². The molecule has 2 heterocycles. The van der Waals surface area contributed by atoms with Crippen molar-refractivity contribution in [3.63, 3.8) is 0 Å². The van der Waals surface area contributed by atoms with Gasteiger partial charge in [-0.15, -0.1) is 23.1 Å². The molecule has 44 heavy (non-hydrogen) atoms. The minimum atomic E-state index is -0.545. The predicted octanol–water partition coefficient (Wildman–Crippen LogP) is 6.39. The van der Waals surface area contributed by atoms with Crippen LogP contribution in [-0.2, 0) is 27.2 Å². The van der Waals surface area contributed by atoms with Crippen LogP contribution in [0.2, 0.25) is 0 Å². The molecule has 0 spiro atoms. The molecule has 0 fully saturated rings. The van der Waals surface area contributed by atoms with Crippen LogP contribution in [0.1, 0.15) is 50.3 Å². The molecule has 0 aliphatic heterocycles. The average molecular weight is 630 g/mol. The van der Waals surface area contributed by atoms with Gasteiger partial charge in [0.25, 0.3) is 11.8 Å². The Kier molecular flexibility index (Phi) is 9.98. The fourth-order valence-corrected chi connectivity index (χ4v) is 6.96. The highest BCUT2D eigenvalue weighted by atomic mass is 32.2. The Morgan fingerprint density at radius 3 is 2.61 bits per heavy atom. The lowest BCUT2D eigenvalue weighted by Crippen LogP contribution is -2.30. The van der Waals surface area contributed by atoms with E-state index in [4.69, 9.17) is 9.15 Å². The molecule has 0 saturated carbocycles. The minimum absolute atomic E-state index is 0.000635. The summed E-state index contributed by atoms with van der Waals surface area (Å²) in [5.41, 5.74) is 2.32.